The number of nitrogens with one attached hydrogen (secondary N) is 1. The second kappa shape index (κ2) is 11.8. The summed E-state index contributed by atoms with van der Waals surface area (Å²) in [5.41, 5.74) is 5.37. The van der Waals surface area contributed by atoms with E-state index in [-0.39, 0.29) is 24.8 Å². The van der Waals surface area contributed by atoms with Crippen LogP contribution in [0.25, 0.3) is 17.2 Å². The van der Waals surface area contributed by atoms with Crippen molar-refractivity contribution in [2.75, 3.05) is 30.0 Å². The Morgan fingerprint density at radius 2 is 1.93 bits per heavy atom. The molecule has 2 aromatic heterocycles. The number of amides is 1. The quantitative estimate of drug-likeness (QED) is 0.254. The predicted molar refractivity (Wildman–Crippen MR) is 163 cm³/mol. The van der Waals surface area contributed by atoms with E-state index in [1.54, 1.807) is 18.2 Å². The normalized spacial score (nSPS) is 13.8. The lowest BCUT2D eigenvalue weighted by atomic mass is 9.94. The van der Waals surface area contributed by atoms with Gasteiger partial charge < -0.3 is 19.8 Å². The third-order valence-electron chi connectivity index (χ3n) is 7.61. The van der Waals surface area contributed by atoms with E-state index in [9.17, 15) is 14.7 Å². The van der Waals surface area contributed by atoms with E-state index in [4.69, 9.17) is 9.84 Å². The maximum absolute atomic E-state index is 13.4. The van der Waals surface area contributed by atoms with E-state index < -0.39 is 5.97 Å². The molecule has 0 saturated carbocycles. The fourth-order valence-corrected chi connectivity index (χ4v) is 6.47. The predicted octanol–water partition coefficient (Wildman–Crippen LogP) is 5.36. The lowest BCUT2D eigenvalue weighted by Gasteiger charge is -2.31. The molecule has 42 heavy (non-hydrogen) atoms. The first-order valence-corrected chi connectivity index (χ1v) is 14.7. The minimum absolute atomic E-state index is 0.0616. The average molecular weight is 583 g/mol. The Morgan fingerprint density at radius 3 is 2.74 bits per heavy atom. The van der Waals surface area contributed by atoms with Crippen molar-refractivity contribution >= 4 is 40.2 Å². The van der Waals surface area contributed by atoms with Gasteiger partial charge in [-0.25, -0.2) is 14.8 Å². The van der Waals surface area contributed by atoms with Crippen molar-refractivity contribution in [1.29, 1.82) is 0 Å². The molecule has 0 fully saturated rings. The summed E-state index contributed by atoms with van der Waals surface area (Å²) < 4.78 is 5.62. The van der Waals surface area contributed by atoms with E-state index in [0.717, 1.165) is 35.2 Å². The van der Waals surface area contributed by atoms with Gasteiger partial charge in [-0.2, -0.15) is 0 Å². The molecule has 1 aliphatic heterocycles. The number of anilines is 2. The highest BCUT2D eigenvalue weighted by atomic mass is 32.1. The van der Waals surface area contributed by atoms with Gasteiger partial charge in [-0.3, -0.25) is 10.1 Å². The number of aromatic carboxylic acids is 1. The number of aliphatic hydroxyl groups excluding tert-OH is 1. The van der Waals surface area contributed by atoms with E-state index >= 15 is 0 Å². The molecular formula is C32H30N4O5S. The number of aliphatic hydroxyl groups is 1. The fourth-order valence-electron chi connectivity index (χ4n) is 5.51. The Labute approximate surface area is 247 Å². The summed E-state index contributed by atoms with van der Waals surface area (Å²) in [6.07, 6.45) is 6.70. The summed E-state index contributed by atoms with van der Waals surface area (Å²) in [5, 5.41) is 22.8. The number of aromatic nitrogens is 2. The molecule has 1 amide bonds. The van der Waals surface area contributed by atoms with Gasteiger partial charge in [0.25, 0.3) is 5.91 Å². The fraction of sp³-hybridized carbons (Fsp3) is 0.250. The highest BCUT2D eigenvalue weighted by molar-refractivity contribution is 7.16. The van der Waals surface area contributed by atoms with Crippen molar-refractivity contribution < 1.29 is 24.5 Å². The zero-order valence-corrected chi connectivity index (χ0v) is 23.9. The molecule has 1 aliphatic carbocycles. The van der Waals surface area contributed by atoms with Crippen LogP contribution in [-0.4, -0.2) is 51.8 Å². The summed E-state index contributed by atoms with van der Waals surface area (Å²) in [4.78, 5) is 38.2. The minimum Gasteiger partial charge on any atom is -0.491 e. The van der Waals surface area contributed by atoms with Crippen molar-refractivity contribution in [3.63, 3.8) is 0 Å². The monoisotopic (exact) mass is 582 g/mol. The smallest absolute Gasteiger partial charge is 0.355 e. The van der Waals surface area contributed by atoms with Crippen LogP contribution in [0.1, 0.15) is 54.5 Å². The second-order valence-corrected chi connectivity index (χ2v) is 11.3. The molecule has 0 saturated heterocycles. The Kier molecular flexibility index (Phi) is 7.73. The first-order valence-electron chi connectivity index (χ1n) is 13.8. The highest BCUT2D eigenvalue weighted by Crippen LogP contribution is 2.34. The summed E-state index contributed by atoms with van der Waals surface area (Å²) in [6.45, 7) is 2.94. The van der Waals surface area contributed by atoms with Crippen LogP contribution in [0, 0.1) is 6.92 Å². The lowest BCUT2D eigenvalue weighted by molar-refractivity contribution is 0.0691. The van der Waals surface area contributed by atoms with Gasteiger partial charge in [0.2, 0.25) is 0 Å². The van der Waals surface area contributed by atoms with Gasteiger partial charge >= 0.3 is 5.97 Å². The molecule has 10 heteroatoms. The molecule has 3 N–H and O–H groups in total. The minimum atomic E-state index is -1.13. The standard InChI is InChI=1S/C32H30N4O5S/c1-19-21(7-5-10-26(19)41-17-16-37)22-12-13-28(34-29(22)31(39)40)36-15-14-20-6-4-8-23(24(20)18-36)30(38)35-32-33-25-9-2-3-11-27(25)42-32/h2,4-10,12-13,37H,3,11,14-18H2,1H3,(H,39,40)(H,33,35,38). The Hall–Kier alpha value is -4.54. The highest BCUT2D eigenvalue weighted by Gasteiger charge is 2.26. The molecule has 0 bridgehead atoms. The Bertz CT molecular complexity index is 1710. The van der Waals surface area contributed by atoms with Gasteiger partial charge in [0.05, 0.1) is 12.3 Å². The summed E-state index contributed by atoms with van der Waals surface area (Å²) >= 11 is 1.51. The molecule has 0 atom stereocenters. The number of thiazole rings is 1. The molecule has 6 rings (SSSR count). The van der Waals surface area contributed by atoms with Crippen molar-refractivity contribution in [2.24, 2.45) is 0 Å². The first-order chi connectivity index (χ1) is 20.4. The Balaban J connectivity index is 1.27. The van der Waals surface area contributed by atoms with Crippen molar-refractivity contribution in [1.82, 2.24) is 9.97 Å². The molecular weight excluding hydrogens is 552 g/mol. The third-order valence-corrected chi connectivity index (χ3v) is 8.66. The summed E-state index contributed by atoms with van der Waals surface area (Å²) in [6, 6.07) is 14.8. The van der Waals surface area contributed by atoms with Crippen LogP contribution in [0.5, 0.6) is 5.75 Å². The maximum atomic E-state index is 13.4. The number of pyridine rings is 1. The number of carbonyl (C=O) groups is 2. The third kappa shape index (κ3) is 5.38. The number of hydrogen-bond acceptors (Lipinski definition) is 8. The van der Waals surface area contributed by atoms with Gasteiger partial charge in [-0.15, -0.1) is 11.3 Å². The number of benzene rings is 2. The topological polar surface area (TPSA) is 125 Å². The number of aryl methyl sites for hydroxylation is 1. The zero-order valence-electron chi connectivity index (χ0n) is 23.1. The number of carboxylic acid groups (broad SMARTS) is 1. The van der Waals surface area contributed by atoms with E-state index in [1.807, 2.05) is 48.2 Å². The van der Waals surface area contributed by atoms with Gasteiger partial charge in [0.1, 0.15) is 18.2 Å². The van der Waals surface area contributed by atoms with Crippen molar-refractivity contribution in [3.05, 3.63) is 93.1 Å². The van der Waals surface area contributed by atoms with Gasteiger partial charge in [-0.05, 0) is 78.8 Å². The van der Waals surface area contributed by atoms with Crippen LogP contribution < -0.4 is 15.0 Å². The SMILES string of the molecule is Cc1c(OCCO)cccc1-c1ccc(N2CCc3cccc(C(=O)Nc4nc5c(s4)CCC=C5)c3C2)nc1C(=O)O. The molecule has 0 unspecified atom stereocenters. The van der Waals surface area contributed by atoms with E-state index in [0.29, 0.717) is 52.9 Å². The van der Waals surface area contributed by atoms with Crippen LogP contribution >= 0.6 is 11.3 Å². The van der Waals surface area contributed by atoms with E-state index in [1.165, 1.54) is 16.2 Å². The van der Waals surface area contributed by atoms with Crippen LogP contribution in [0.4, 0.5) is 10.9 Å². The van der Waals surface area contributed by atoms with Gasteiger partial charge in [0.15, 0.2) is 10.8 Å². The largest absolute Gasteiger partial charge is 0.491 e. The van der Waals surface area contributed by atoms with Crippen LogP contribution in [0.2, 0.25) is 0 Å². The van der Waals surface area contributed by atoms with Crippen molar-refractivity contribution in [2.45, 2.75) is 32.7 Å². The molecule has 0 radical (unpaired) electrons. The zero-order chi connectivity index (χ0) is 29.2. The summed E-state index contributed by atoms with van der Waals surface area (Å²) in [7, 11) is 0. The molecule has 0 spiro atoms. The van der Waals surface area contributed by atoms with E-state index in [2.05, 4.69) is 21.4 Å². The number of nitrogens with zero attached hydrogens (tertiary/aromatic N) is 3. The molecule has 9 nitrogen and oxygen atoms in total. The number of hydrogen-bond donors (Lipinski definition) is 3. The Morgan fingerprint density at radius 1 is 1.07 bits per heavy atom. The lowest BCUT2D eigenvalue weighted by Crippen LogP contribution is -2.33. The van der Waals surface area contributed by atoms with Crippen molar-refractivity contribution in [3.8, 4) is 16.9 Å². The number of carbonyl (C=O) groups excluding carboxylic acids is 1. The van der Waals surface area contributed by atoms with Gasteiger partial charge in [0, 0.05) is 29.1 Å². The first kappa shape index (κ1) is 27.6. The molecule has 2 aliphatic rings. The van der Waals surface area contributed by atoms with Crippen LogP contribution in [-0.2, 0) is 19.4 Å². The number of fused-ring (bicyclic) bond motifs is 2. The number of rotatable bonds is 8. The molecule has 3 heterocycles. The molecule has 2 aromatic carbocycles. The second-order valence-electron chi connectivity index (χ2n) is 10.2. The average Bonchev–Trinajstić information content (AvgIpc) is 3.42. The molecule has 214 valence electrons. The van der Waals surface area contributed by atoms with Crippen LogP contribution in [0.15, 0.2) is 54.6 Å². The number of ether oxygens (including phenoxy) is 1. The van der Waals surface area contributed by atoms with Crippen LogP contribution in [0.3, 0.4) is 0 Å². The summed E-state index contributed by atoms with van der Waals surface area (Å²) in [5.74, 6) is -0.236. The number of carboxylic acids is 1. The van der Waals surface area contributed by atoms with Gasteiger partial charge in [-0.1, -0.05) is 30.3 Å². The molecule has 4 aromatic rings. The number of allylic oxidation sites excluding steroid dienone is 1. The maximum Gasteiger partial charge on any atom is 0.355 e.